The molecule has 1 N–H and O–H groups in total. The molecule has 1 aromatic heterocycles. The molecule has 2 aromatic rings. The van der Waals surface area contributed by atoms with Crippen LogP contribution in [0.15, 0.2) is 18.3 Å². The number of carbonyl (C=O) groups excluding carboxylic acids is 2. The summed E-state index contributed by atoms with van der Waals surface area (Å²) in [5.74, 6) is -0.584. The lowest BCUT2D eigenvalue weighted by atomic mass is 10.1. The Morgan fingerprint density at radius 1 is 1.32 bits per heavy atom. The number of amides is 2. The summed E-state index contributed by atoms with van der Waals surface area (Å²) in [5.41, 5.74) is 1.34. The maximum atomic E-state index is 14.1. The molecule has 1 fully saturated rings. The molecule has 6 nitrogen and oxygen atoms in total. The Morgan fingerprint density at radius 3 is 2.72 bits per heavy atom. The van der Waals surface area contributed by atoms with E-state index in [2.05, 4.69) is 4.98 Å². The van der Waals surface area contributed by atoms with Gasteiger partial charge in [0, 0.05) is 36.7 Å². The largest absolute Gasteiger partial charge is 0.444 e. The highest BCUT2D eigenvalue weighted by atomic mass is 19.1. The van der Waals surface area contributed by atoms with Crippen molar-refractivity contribution in [1.82, 2.24) is 14.8 Å². The van der Waals surface area contributed by atoms with Crippen molar-refractivity contribution in [3.05, 3.63) is 35.3 Å². The van der Waals surface area contributed by atoms with Gasteiger partial charge in [0.15, 0.2) is 0 Å². The second-order valence-electron chi connectivity index (χ2n) is 7.63. The Morgan fingerprint density at radius 2 is 2.04 bits per heavy atom. The molecule has 7 heteroatoms. The Bertz CT molecular complexity index is 878. The second kappa shape index (κ2) is 5.21. The van der Waals surface area contributed by atoms with Crippen LogP contribution in [0.5, 0.6) is 0 Å². The Hall–Kier alpha value is -2.57. The fourth-order valence-corrected chi connectivity index (χ4v) is 3.43. The number of hydrogen-bond donors (Lipinski definition) is 1. The van der Waals surface area contributed by atoms with Crippen LogP contribution in [-0.4, -0.2) is 51.5 Å². The maximum Gasteiger partial charge on any atom is 0.410 e. The predicted molar refractivity (Wildman–Crippen MR) is 89.7 cm³/mol. The van der Waals surface area contributed by atoms with Crippen LogP contribution in [0.4, 0.5) is 9.18 Å². The number of nitrogens with zero attached hydrogens (tertiary/aromatic N) is 2. The molecule has 0 unspecified atom stereocenters. The van der Waals surface area contributed by atoms with Crippen LogP contribution in [0.2, 0.25) is 0 Å². The minimum Gasteiger partial charge on any atom is -0.444 e. The van der Waals surface area contributed by atoms with Crippen molar-refractivity contribution in [1.29, 1.82) is 0 Å². The number of fused-ring (bicyclic) bond motifs is 3. The van der Waals surface area contributed by atoms with E-state index in [0.717, 1.165) is 5.56 Å². The molecule has 0 saturated carbocycles. The summed E-state index contributed by atoms with van der Waals surface area (Å²) in [4.78, 5) is 31.0. The highest BCUT2D eigenvalue weighted by molar-refractivity contribution is 6.10. The summed E-state index contributed by atoms with van der Waals surface area (Å²) >= 11 is 0. The number of H-pyrrole nitrogens is 1. The predicted octanol–water partition coefficient (Wildman–Crippen LogP) is 2.88. The van der Waals surface area contributed by atoms with Crippen molar-refractivity contribution in [2.75, 3.05) is 13.1 Å². The lowest BCUT2D eigenvalue weighted by Crippen LogP contribution is -2.61. The van der Waals surface area contributed by atoms with E-state index in [1.165, 1.54) is 6.20 Å². The topological polar surface area (TPSA) is 65.6 Å². The molecular formula is C18H20FN3O3. The van der Waals surface area contributed by atoms with Gasteiger partial charge in [0.05, 0.1) is 11.6 Å². The standard InChI is InChI=1S/C18H20FN3O3/c1-18(2,3)25-17(24)21-8-11(9-21)22-7-10-4-5-13-15(12(19)6-20-13)14(10)16(22)23/h4-6,11,20H,7-9H2,1-3H3. The summed E-state index contributed by atoms with van der Waals surface area (Å²) in [6.45, 7) is 6.78. The van der Waals surface area contributed by atoms with Crippen molar-refractivity contribution in [2.45, 2.75) is 39.0 Å². The quantitative estimate of drug-likeness (QED) is 0.864. The third kappa shape index (κ3) is 2.54. The highest BCUT2D eigenvalue weighted by Crippen LogP contribution is 2.34. The van der Waals surface area contributed by atoms with Gasteiger partial charge in [-0.05, 0) is 32.4 Å². The SMILES string of the molecule is CC(C)(C)OC(=O)N1CC(N2Cc3ccc4[nH]cc(F)c4c3C2=O)C1. The van der Waals surface area contributed by atoms with E-state index in [0.29, 0.717) is 36.1 Å². The fraction of sp³-hybridized carbons (Fsp3) is 0.444. The van der Waals surface area contributed by atoms with Crippen LogP contribution < -0.4 is 0 Å². The number of benzene rings is 1. The Kier molecular flexibility index (Phi) is 3.32. The molecule has 2 aliphatic rings. The summed E-state index contributed by atoms with van der Waals surface area (Å²) in [7, 11) is 0. The van der Waals surface area contributed by atoms with E-state index in [1.54, 1.807) is 15.9 Å². The number of likely N-dealkylation sites (tertiary alicyclic amines) is 1. The summed E-state index contributed by atoms with van der Waals surface area (Å²) in [6, 6.07) is 3.59. The molecule has 4 rings (SSSR count). The normalized spacial score (nSPS) is 17.8. The van der Waals surface area contributed by atoms with Crippen molar-refractivity contribution in [2.24, 2.45) is 0 Å². The van der Waals surface area contributed by atoms with Crippen LogP contribution in [0.3, 0.4) is 0 Å². The first-order valence-corrected chi connectivity index (χ1v) is 8.32. The van der Waals surface area contributed by atoms with Crippen LogP contribution in [0.1, 0.15) is 36.7 Å². The van der Waals surface area contributed by atoms with Crippen molar-refractivity contribution in [3.63, 3.8) is 0 Å². The zero-order chi connectivity index (χ0) is 17.9. The summed E-state index contributed by atoms with van der Waals surface area (Å²) < 4.78 is 19.4. The van der Waals surface area contributed by atoms with Crippen LogP contribution in [0, 0.1) is 5.82 Å². The number of nitrogens with one attached hydrogen (secondary N) is 1. The van der Waals surface area contributed by atoms with E-state index in [9.17, 15) is 14.0 Å². The number of ether oxygens (including phenoxy) is 1. The first-order valence-electron chi connectivity index (χ1n) is 8.32. The van der Waals surface area contributed by atoms with Crippen LogP contribution in [-0.2, 0) is 11.3 Å². The molecule has 132 valence electrons. The van der Waals surface area contributed by atoms with Gasteiger partial charge in [-0.25, -0.2) is 9.18 Å². The lowest BCUT2D eigenvalue weighted by molar-refractivity contribution is -0.0125. The van der Waals surface area contributed by atoms with Gasteiger partial charge < -0.3 is 19.5 Å². The molecule has 2 aliphatic heterocycles. The van der Waals surface area contributed by atoms with Crippen molar-refractivity contribution >= 4 is 22.9 Å². The monoisotopic (exact) mass is 345 g/mol. The van der Waals surface area contributed by atoms with Crippen molar-refractivity contribution in [3.8, 4) is 0 Å². The van der Waals surface area contributed by atoms with E-state index in [1.807, 2.05) is 26.8 Å². The minimum absolute atomic E-state index is 0.0653. The van der Waals surface area contributed by atoms with Crippen LogP contribution in [0.25, 0.3) is 10.9 Å². The smallest absolute Gasteiger partial charge is 0.410 e. The molecule has 0 aliphatic carbocycles. The minimum atomic E-state index is -0.542. The van der Waals surface area contributed by atoms with Gasteiger partial charge >= 0.3 is 6.09 Å². The lowest BCUT2D eigenvalue weighted by Gasteiger charge is -2.43. The third-order valence-corrected chi connectivity index (χ3v) is 4.66. The number of carbonyl (C=O) groups is 2. The fourth-order valence-electron chi connectivity index (χ4n) is 3.43. The molecule has 1 aromatic carbocycles. The average Bonchev–Trinajstić information content (AvgIpc) is 2.97. The van der Waals surface area contributed by atoms with Gasteiger partial charge in [-0.15, -0.1) is 0 Å². The first-order chi connectivity index (χ1) is 11.7. The molecule has 25 heavy (non-hydrogen) atoms. The molecule has 0 atom stereocenters. The second-order valence-corrected chi connectivity index (χ2v) is 7.63. The Balaban J connectivity index is 1.50. The number of aromatic nitrogens is 1. The number of halogens is 1. The van der Waals surface area contributed by atoms with Crippen molar-refractivity contribution < 1.29 is 18.7 Å². The molecule has 3 heterocycles. The van der Waals surface area contributed by atoms with E-state index in [-0.39, 0.29) is 18.0 Å². The van der Waals surface area contributed by atoms with E-state index < -0.39 is 11.4 Å². The van der Waals surface area contributed by atoms with Gasteiger partial charge in [0.25, 0.3) is 5.91 Å². The van der Waals surface area contributed by atoms with Gasteiger partial charge in [-0.1, -0.05) is 6.07 Å². The number of rotatable bonds is 1. The summed E-state index contributed by atoms with van der Waals surface area (Å²) in [6.07, 6.45) is 0.904. The molecule has 0 bridgehead atoms. The van der Waals surface area contributed by atoms with Crippen LogP contribution >= 0.6 is 0 Å². The third-order valence-electron chi connectivity index (χ3n) is 4.66. The number of hydrogen-bond acceptors (Lipinski definition) is 3. The van der Waals surface area contributed by atoms with Gasteiger partial charge in [0.1, 0.15) is 11.4 Å². The molecule has 0 radical (unpaired) electrons. The van der Waals surface area contributed by atoms with Gasteiger partial charge in [0.2, 0.25) is 0 Å². The molecule has 0 spiro atoms. The first kappa shape index (κ1) is 15.9. The zero-order valence-corrected chi connectivity index (χ0v) is 14.4. The van der Waals surface area contributed by atoms with E-state index in [4.69, 9.17) is 4.74 Å². The van der Waals surface area contributed by atoms with Gasteiger partial charge in [-0.2, -0.15) is 0 Å². The summed E-state index contributed by atoms with van der Waals surface area (Å²) in [5, 5.41) is 0.355. The molecular weight excluding hydrogens is 325 g/mol. The molecule has 1 saturated heterocycles. The Labute approximate surface area is 144 Å². The average molecular weight is 345 g/mol. The zero-order valence-electron chi connectivity index (χ0n) is 14.4. The maximum absolute atomic E-state index is 14.1. The number of aromatic amines is 1. The highest BCUT2D eigenvalue weighted by Gasteiger charge is 2.42. The van der Waals surface area contributed by atoms with E-state index >= 15 is 0 Å². The van der Waals surface area contributed by atoms with Gasteiger partial charge in [-0.3, -0.25) is 4.79 Å². The molecule has 2 amide bonds.